The lowest BCUT2D eigenvalue weighted by Gasteiger charge is -2.05. The number of rotatable bonds is 1. The number of anilines is 1. The van der Waals surface area contributed by atoms with Gasteiger partial charge in [-0.1, -0.05) is 22.0 Å². The zero-order valence-corrected chi connectivity index (χ0v) is 8.13. The molecule has 0 bridgehead atoms. The molecule has 1 aromatic rings. The molecular weight excluding hydrogens is 218 g/mol. The van der Waals surface area contributed by atoms with Crippen molar-refractivity contribution in [3.8, 4) is 0 Å². The van der Waals surface area contributed by atoms with E-state index < -0.39 is 0 Å². The van der Waals surface area contributed by atoms with Crippen molar-refractivity contribution in [1.82, 2.24) is 0 Å². The smallest absolute Gasteiger partial charge is 0.0636 e. The van der Waals surface area contributed by atoms with Gasteiger partial charge in [0.05, 0.1) is 12.6 Å². The van der Waals surface area contributed by atoms with Crippen molar-refractivity contribution < 1.29 is 5.11 Å². The summed E-state index contributed by atoms with van der Waals surface area (Å²) in [6.45, 7) is 0.201. The van der Waals surface area contributed by atoms with Crippen LogP contribution >= 0.6 is 15.9 Å². The van der Waals surface area contributed by atoms with Crippen LogP contribution < -0.4 is 5.32 Å². The van der Waals surface area contributed by atoms with E-state index >= 15 is 0 Å². The predicted molar refractivity (Wildman–Crippen MR) is 52.3 cm³/mol. The monoisotopic (exact) mass is 227 g/mol. The molecule has 1 aliphatic heterocycles. The molecule has 0 aliphatic carbocycles. The van der Waals surface area contributed by atoms with Crippen LogP contribution in [0.2, 0.25) is 0 Å². The van der Waals surface area contributed by atoms with Crippen LogP contribution in [0.1, 0.15) is 5.56 Å². The average Bonchev–Trinajstić information content (AvgIpc) is 2.46. The Hall–Kier alpha value is -0.540. The van der Waals surface area contributed by atoms with E-state index in [1.807, 2.05) is 12.1 Å². The van der Waals surface area contributed by atoms with Crippen molar-refractivity contribution in [3.05, 3.63) is 28.2 Å². The molecule has 2 N–H and O–H groups in total. The molecule has 3 heteroatoms. The first-order valence-electron chi connectivity index (χ1n) is 3.95. The van der Waals surface area contributed by atoms with Crippen LogP contribution in [0, 0.1) is 0 Å². The van der Waals surface area contributed by atoms with E-state index in [0.717, 1.165) is 16.6 Å². The van der Waals surface area contributed by atoms with E-state index in [-0.39, 0.29) is 12.6 Å². The van der Waals surface area contributed by atoms with Gasteiger partial charge in [0.25, 0.3) is 0 Å². The van der Waals surface area contributed by atoms with Crippen LogP contribution in [0.5, 0.6) is 0 Å². The van der Waals surface area contributed by atoms with E-state index in [2.05, 4.69) is 27.3 Å². The molecule has 1 heterocycles. The molecular formula is C9H10BrNO. The molecule has 12 heavy (non-hydrogen) atoms. The normalized spacial score (nSPS) is 20.3. The Bertz CT molecular complexity index is 301. The lowest BCUT2D eigenvalue weighted by Crippen LogP contribution is -2.19. The van der Waals surface area contributed by atoms with Gasteiger partial charge in [-0.2, -0.15) is 0 Å². The molecule has 0 fully saturated rings. The number of fused-ring (bicyclic) bond motifs is 1. The van der Waals surface area contributed by atoms with Crippen LogP contribution in [-0.4, -0.2) is 17.8 Å². The van der Waals surface area contributed by atoms with Crippen LogP contribution in [0.15, 0.2) is 22.7 Å². The lowest BCUT2D eigenvalue weighted by molar-refractivity contribution is 0.277. The van der Waals surface area contributed by atoms with Gasteiger partial charge in [-0.05, 0) is 24.1 Å². The molecule has 2 rings (SSSR count). The summed E-state index contributed by atoms with van der Waals surface area (Å²) in [6, 6.07) is 6.36. The maximum Gasteiger partial charge on any atom is 0.0636 e. The van der Waals surface area contributed by atoms with Crippen LogP contribution in [-0.2, 0) is 6.42 Å². The first-order chi connectivity index (χ1) is 5.79. The van der Waals surface area contributed by atoms with Crippen molar-refractivity contribution >= 4 is 21.6 Å². The third-order valence-corrected chi connectivity index (χ3v) is 2.61. The number of hydrogen-bond acceptors (Lipinski definition) is 2. The lowest BCUT2D eigenvalue weighted by atomic mass is 10.1. The van der Waals surface area contributed by atoms with E-state index in [0.29, 0.717) is 0 Å². The van der Waals surface area contributed by atoms with E-state index in [9.17, 15) is 0 Å². The Morgan fingerprint density at radius 3 is 3.17 bits per heavy atom. The highest BCUT2D eigenvalue weighted by atomic mass is 79.9. The minimum absolute atomic E-state index is 0.201. The van der Waals surface area contributed by atoms with Gasteiger partial charge in [0.1, 0.15) is 0 Å². The molecule has 1 atom stereocenters. The summed E-state index contributed by atoms with van der Waals surface area (Å²) in [7, 11) is 0. The van der Waals surface area contributed by atoms with Gasteiger partial charge in [0.15, 0.2) is 0 Å². The van der Waals surface area contributed by atoms with E-state index in [1.54, 1.807) is 0 Å². The topological polar surface area (TPSA) is 32.3 Å². The van der Waals surface area contributed by atoms with Crippen molar-refractivity contribution in [1.29, 1.82) is 0 Å². The highest BCUT2D eigenvalue weighted by molar-refractivity contribution is 9.10. The Labute approximate surface area is 79.7 Å². The minimum Gasteiger partial charge on any atom is -0.394 e. The number of benzene rings is 1. The summed E-state index contributed by atoms with van der Waals surface area (Å²) in [5, 5.41) is 12.2. The number of halogens is 1. The minimum atomic E-state index is 0.201. The van der Waals surface area contributed by atoms with Gasteiger partial charge >= 0.3 is 0 Å². The van der Waals surface area contributed by atoms with E-state index in [1.165, 1.54) is 5.56 Å². The SMILES string of the molecule is OCC1Cc2ccc(Br)cc2N1. The number of hydrogen-bond donors (Lipinski definition) is 2. The molecule has 0 spiro atoms. The zero-order chi connectivity index (χ0) is 8.55. The van der Waals surface area contributed by atoms with Gasteiger partial charge in [0, 0.05) is 10.2 Å². The Morgan fingerprint density at radius 1 is 1.58 bits per heavy atom. The first kappa shape index (κ1) is 8.08. The van der Waals surface area contributed by atoms with Crippen molar-refractivity contribution in [2.75, 3.05) is 11.9 Å². The summed E-state index contributed by atoms with van der Waals surface area (Å²) in [5.74, 6) is 0. The summed E-state index contributed by atoms with van der Waals surface area (Å²) in [5.41, 5.74) is 2.43. The number of nitrogens with one attached hydrogen (secondary N) is 1. The second-order valence-electron chi connectivity index (χ2n) is 3.03. The number of aliphatic hydroxyl groups is 1. The quantitative estimate of drug-likeness (QED) is 0.767. The standard InChI is InChI=1S/C9H10BrNO/c10-7-2-1-6-3-8(5-12)11-9(6)4-7/h1-2,4,8,11-12H,3,5H2. The van der Waals surface area contributed by atoms with Gasteiger partial charge < -0.3 is 10.4 Å². The van der Waals surface area contributed by atoms with Crippen LogP contribution in [0.4, 0.5) is 5.69 Å². The third kappa shape index (κ3) is 1.34. The predicted octanol–water partition coefficient (Wildman–Crippen LogP) is 1.78. The molecule has 1 aromatic carbocycles. The largest absolute Gasteiger partial charge is 0.394 e. The van der Waals surface area contributed by atoms with Crippen molar-refractivity contribution in [2.24, 2.45) is 0 Å². The first-order valence-corrected chi connectivity index (χ1v) is 4.74. The highest BCUT2D eigenvalue weighted by Crippen LogP contribution is 2.28. The van der Waals surface area contributed by atoms with Gasteiger partial charge in [-0.3, -0.25) is 0 Å². The Balaban J connectivity index is 2.30. The fourth-order valence-corrected chi connectivity index (χ4v) is 1.87. The summed E-state index contributed by atoms with van der Waals surface area (Å²) >= 11 is 3.40. The second kappa shape index (κ2) is 3.07. The Morgan fingerprint density at radius 2 is 2.42 bits per heavy atom. The fraction of sp³-hybridized carbons (Fsp3) is 0.333. The number of aliphatic hydroxyl groups excluding tert-OH is 1. The molecule has 0 radical (unpaired) electrons. The van der Waals surface area contributed by atoms with Crippen molar-refractivity contribution in [2.45, 2.75) is 12.5 Å². The van der Waals surface area contributed by atoms with Gasteiger partial charge in [0.2, 0.25) is 0 Å². The summed E-state index contributed by atoms with van der Waals surface area (Å²) in [6.07, 6.45) is 0.930. The molecule has 1 unspecified atom stereocenters. The molecule has 1 aliphatic rings. The van der Waals surface area contributed by atoms with Gasteiger partial charge in [-0.25, -0.2) is 0 Å². The third-order valence-electron chi connectivity index (χ3n) is 2.12. The second-order valence-corrected chi connectivity index (χ2v) is 3.95. The highest BCUT2D eigenvalue weighted by Gasteiger charge is 2.18. The van der Waals surface area contributed by atoms with Gasteiger partial charge in [-0.15, -0.1) is 0 Å². The van der Waals surface area contributed by atoms with Crippen molar-refractivity contribution in [3.63, 3.8) is 0 Å². The summed E-state index contributed by atoms with van der Waals surface area (Å²) in [4.78, 5) is 0. The molecule has 0 amide bonds. The zero-order valence-electron chi connectivity index (χ0n) is 6.55. The molecule has 0 saturated carbocycles. The maximum absolute atomic E-state index is 8.93. The molecule has 0 aromatic heterocycles. The van der Waals surface area contributed by atoms with E-state index in [4.69, 9.17) is 5.11 Å². The fourth-order valence-electron chi connectivity index (χ4n) is 1.51. The molecule has 2 nitrogen and oxygen atoms in total. The summed E-state index contributed by atoms with van der Waals surface area (Å²) < 4.78 is 1.08. The Kier molecular flexibility index (Phi) is 2.07. The molecule has 0 saturated heterocycles. The van der Waals surface area contributed by atoms with Crippen LogP contribution in [0.25, 0.3) is 0 Å². The van der Waals surface area contributed by atoms with Crippen LogP contribution in [0.3, 0.4) is 0 Å². The maximum atomic E-state index is 8.93. The average molecular weight is 228 g/mol. The molecule has 64 valence electrons.